The van der Waals surface area contributed by atoms with E-state index >= 15 is 0 Å². The number of carboxylic acid groups (broad SMARTS) is 1. The van der Waals surface area contributed by atoms with Gasteiger partial charge in [-0.1, -0.05) is 13.3 Å². The zero-order valence-corrected chi connectivity index (χ0v) is 10.2. The summed E-state index contributed by atoms with van der Waals surface area (Å²) in [6.45, 7) is 2.03. The van der Waals surface area contributed by atoms with Crippen molar-refractivity contribution in [1.29, 1.82) is 0 Å². The number of carboxylic acids is 1. The summed E-state index contributed by atoms with van der Waals surface area (Å²) < 4.78 is 0. The highest BCUT2D eigenvalue weighted by molar-refractivity contribution is 5.94. The zero-order valence-electron chi connectivity index (χ0n) is 10.2. The van der Waals surface area contributed by atoms with Gasteiger partial charge in [-0.25, -0.2) is 0 Å². The van der Waals surface area contributed by atoms with Crippen LogP contribution in [-0.4, -0.2) is 27.2 Å². The Kier molecular flexibility index (Phi) is 3.64. The smallest absolute Gasteiger partial charge is 0.307 e. The van der Waals surface area contributed by atoms with Crippen molar-refractivity contribution in [2.75, 3.05) is 5.32 Å². The van der Waals surface area contributed by atoms with Crippen LogP contribution in [0, 0.1) is 17.8 Å². The number of hydrogen-bond acceptors (Lipinski definition) is 3. The second kappa shape index (κ2) is 5.20. The normalized spacial score (nSPS) is 27.1. The first-order valence-electron chi connectivity index (χ1n) is 6.14. The fourth-order valence-electron chi connectivity index (χ4n) is 2.59. The Morgan fingerprint density at radius 2 is 2.22 bits per heavy atom. The minimum absolute atomic E-state index is 0.234. The molecule has 1 amide bonds. The first-order valence-corrected chi connectivity index (χ1v) is 6.14. The number of aromatic amines is 1. The molecule has 1 aromatic heterocycles. The Hall–Kier alpha value is -1.85. The minimum atomic E-state index is -0.879. The number of carbonyl (C=O) groups is 2. The molecule has 1 aliphatic rings. The summed E-state index contributed by atoms with van der Waals surface area (Å²) in [4.78, 5) is 23.2. The molecule has 18 heavy (non-hydrogen) atoms. The molecule has 0 aliphatic heterocycles. The molecule has 6 heteroatoms. The molecule has 0 spiro atoms. The summed E-state index contributed by atoms with van der Waals surface area (Å²) >= 11 is 0. The summed E-state index contributed by atoms with van der Waals surface area (Å²) in [5.74, 6) is -1.31. The highest BCUT2D eigenvalue weighted by Crippen LogP contribution is 2.38. The van der Waals surface area contributed by atoms with E-state index in [0.717, 1.165) is 6.42 Å². The van der Waals surface area contributed by atoms with Gasteiger partial charge in [0.1, 0.15) is 5.82 Å². The fraction of sp³-hybridized carbons (Fsp3) is 0.583. The molecule has 1 heterocycles. The van der Waals surface area contributed by atoms with E-state index in [1.807, 2.05) is 6.92 Å². The van der Waals surface area contributed by atoms with E-state index in [4.69, 9.17) is 0 Å². The molecular weight excluding hydrogens is 234 g/mol. The number of nitrogens with one attached hydrogen (secondary N) is 2. The van der Waals surface area contributed by atoms with Crippen molar-refractivity contribution >= 4 is 17.7 Å². The van der Waals surface area contributed by atoms with Gasteiger partial charge in [-0.3, -0.25) is 14.7 Å². The van der Waals surface area contributed by atoms with Gasteiger partial charge < -0.3 is 10.4 Å². The van der Waals surface area contributed by atoms with E-state index in [1.165, 1.54) is 6.20 Å². The molecule has 1 saturated carbocycles. The molecular formula is C12H17N3O3. The van der Waals surface area contributed by atoms with Crippen LogP contribution in [0.5, 0.6) is 0 Å². The van der Waals surface area contributed by atoms with Crippen molar-refractivity contribution < 1.29 is 14.7 Å². The van der Waals surface area contributed by atoms with Crippen LogP contribution >= 0.6 is 0 Å². The number of amides is 1. The summed E-state index contributed by atoms with van der Waals surface area (Å²) in [5.41, 5.74) is 0. The van der Waals surface area contributed by atoms with Crippen LogP contribution in [0.15, 0.2) is 12.3 Å². The number of anilines is 1. The van der Waals surface area contributed by atoms with Gasteiger partial charge in [-0.05, 0) is 18.8 Å². The van der Waals surface area contributed by atoms with Gasteiger partial charge in [-0.15, -0.1) is 0 Å². The first kappa shape index (κ1) is 12.6. The largest absolute Gasteiger partial charge is 0.481 e. The number of aromatic nitrogens is 2. The second-order valence-electron chi connectivity index (χ2n) is 4.76. The van der Waals surface area contributed by atoms with Crippen molar-refractivity contribution in [3.63, 3.8) is 0 Å². The first-order chi connectivity index (χ1) is 8.61. The quantitative estimate of drug-likeness (QED) is 0.755. The third-order valence-electron chi connectivity index (χ3n) is 3.65. The molecule has 1 aliphatic carbocycles. The van der Waals surface area contributed by atoms with Crippen molar-refractivity contribution in [2.45, 2.75) is 26.2 Å². The van der Waals surface area contributed by atoms with Gasteiger partial charge in [0.05, 0.1) is 18.0 Å². The van der Waals surface area contributed by atoms with Gasteiger partial charge in [0.15, 0.2) is 0 Å². The van der Waals surface area contributed by atoms with E-state index in [9.17, 15) is 14.7 Å². The van der Waals surface area contributed by atoms with Crippen molar-refractivity contribution in [2.24, 2.45) is 17.8 Å². The van der Waals surface area contributed by atoms with E-state index in [0.29, 0.717) is 24.6 Å². The zero-order chi connectivity index (χ0) is 13.1. The van der Waals surface area contributed by atoms with E-state index in [2.05, 4.69) is 15.5 Å². The van der Waals surface area contributed by atoms with Gasteiger partial charge >= 0.3 is 5.97 Å². The Balaban J connectivity index is 2.05. The fourth-order valence-corrected chi connectivity index (χ4v) is 2.59. The predicted octanol–water partition coefficient (Wildman–Crippen LogP) is 1.49. The number of H-pyrrole nitrogens is 1. The van der Waals surface area contributed by atoms with Gasteiger partial charge in [-0.2, -0.15) is 5.10 Å². The standard InChI is InChI=1S/C12H17N3O3/c1-2-7-5-8(9(6-7)12(17)18)11(16)14-10-3-4-13-15-10/h3-4,7-9H,2,5-6H2,1H3,(H,17,18)(H2,13,14,15,16). The molecule has 0 saturated heterocycles. The van der Waals surface area contributed by atoms with Gasteiger partial charge in [0, 0.05) is 6.07 Å². The molecule has 3 N–H and O–H groups in total. The van der Waals surface area contributed by atoms with Crippen LogP contribution in [0.25, 0.3) is 0 Å². The topological polar surface area (TPSA) is 95.1 Å². The number of carbonyl (C=O) groups excluding carboxylic acids is 1. The summed E-state index contributed by atoms with van der Waals surface area (Å²) in [5, 5.41) is 18.2. The molecule has 1 fully saturated rings. The molecule has 0 bridgehead atoms. The number of hydrogen-bond donors (Lipinski definition) is 3. The van der Waals surface area contributed by atoms with Crippen molar-refractivity contribution in [3.8, 4) is 0 Å². The van der Waals surface area contributed by atoms with Crippen LogP contribution < -0.4 is 5.32 Å². The number of nitrogens with zero attached hydrogens (tertiary/aromatic N) is 1. The minimum Gasteiger partial charge on any atom is -0.481 e. The molecule has 98 valence electrons. The van der Waals surface area contributed by atoms with Gasteiger partial charge in [0.25, 0.3) is 0 Å². The Morgan fingerprint density at radius 3 is 2.78 bits per heavy atom. The van der Waals surface area contributed by atoms with E-state index in [1.54, 1.807) is 6.07 Å². The molecule has 1 aromatic rings. The Morgan fingerprint density at radius 1 is 1.50 bits per heavy atom. The summed E-state index contributed by atoms with van der Waals surface area (Å²) in [6.07, 6.45) is 3.69. The lowest BCUT2D eigenvalue weighted by Crippen LogP contribution is -2.30. The van der Waals surface area contributed by atoms with Crippen LogP contribution in [0.2, 0.25) is 0 Å². The summed E-state index contributed by atoms with van der Waals surface area (Å²) in [6, 6.07) is 1.64. The van der Waals surface area contributed by atoms with Crippen LogP contribution in [0.4, 0.5) is 5.82 Å². The maximum absolute atomic E-state index is 12.1. The average Bonchev–Trinajstić information content (AvgIpc) is 2.96. The highest BCUT2D eigenvalue weighted by Gasteiger charge is 2.42. The average molecular weight is 251 g/mol. The monoisotopic (exact) mass is 251 g/mol. The lowest BCUT2D eigenvalue weighted by atomic mass is 9.95. The predicted molar refractivity (Wildman–Crippen MR) is 64.8 cm³/mol. The molecule has 0 aromatic carbocycles. The second-order valence-corrected chi connectivity index (χ2v) is 4.76. The Bertz CT molecular complexity index is 430. The van der Waals surface area contributed by atoms with Crippen molar-refractivity contribution in [3.05, 3.63) is 12.3 Å². The molecule has 3 atom stereocenters. The highest BCUT2D eigenvalue weighted by atomic mass is 16.4. The lowest BCUT2D eigenvalue weighted by Gasteiger charge is -2.14. The molecule has 3 unspecified atom stereocenters. The summed E-state index contributed by atoms with van der Waals surface area (Å²) in [7, 11) is 0. The van der Waals surface area contributed by atoms with Gasteiger partial charge in [0.2, 0.25) is 5.91 Å². The number of rotatable bonds is 4. The Labute approximate surface area is 105 Å². The van der Waals surface area contributed by atoms with E-state index in [-0.39, 0.29) is 5.91 Å². The van der Waals surface area contributed by atoms with E-state index < -0.39 is 17.8 Å². The van der Waals surface area contributed by atoms with Crippen molar-refractivity contribution in [1.82, 2.24) is 10.2 Å². The maximum Gasteiger partial charge on any atom is 0.307 e. The molecule has 6 nitrogen and oxygen atoms in total. The molecule has 0 radical (unpaired) electrons. The maximum atomic E-state index is 12.1. The SMILES string of the molecule is CCC1CC(C(=O)O)C(C(=O)Nc2ccn[nH]2)C1. The molecule has 2 rings (SSSR count). The van der Waals surface area contributed by atoms with Crippen LogP contribution in [0.1, 0.15) is 26.2 Å². The number of aliphatic carboxylic acids is 1. The third-order valence-corrected chi connectivity index (χ3v) is 3.65. The lowest BCUT2D eigenvalue weighted by molar-refractivity contribution is -0.145. The third kappa shape index (κ3) is 2.52. The van der Waals surface area contributed by atoms with Crippen LogP contribution in [0.3, 0.4) is 0 Å². The van der Waals surface area contributed by atoms with Crippen LogP contribution in [-0.2, 0) is 9.59 Å².